The van der Waals surface area contributed by atoms with Gasteiger partial charge in [-0.3, -0.25) is 0 Å². The van der Waals surface area contributed by atoms with E-state index in [2.05, 4.69) is 47.8 Å². The summed E-state index contributed by atoms with van der Waals surface area (Å²) >= 11 is 16.1. The second kappa shape index (κ2) is 4.26. The maximum atomic E-state index is 5.97. The van der Waals surface area contributed by atoms with Crippen LogP contribution in [0, 0.1) is 0 Å². The molecule has 4 heteroatoms. The van der Waals surface area contributed by atoms with E-state index in [1.54, 1.807) is 0 Å². The minimum atomic E-state index is 0.768. The molecule has 0 aliphatic heterocycles. The van der Waals surface area contributed by atoms with Crippen molar-refractivity contribution in [3.05, 3.63) is 31.7 Å². The van der Waals surface area contributed by atoms with Gasteiger partial charge in [0.15, 0.2) is 0 Å². The Morgan fingerprint density at radius 2 is 1.91 bits per heavy atom. The van der Waals surface area contributed by atoms with Gasteiger partial charge in [0.25, 0.3) is 0 Å². The van der Waals surface area contributed by atoms with Crippen LogP contribution in [0.1, 0.15) is 5.56 Å². The van der Waals surface area contributed by atoms with Gasteiger partial charge in [-0.1, -0.05) is 43.5 Å². The van der Waals surface area contributed by atoms with E-state index < -0.39 is 0 Å². The number of alkyl halides is 1. The highest BCUT2D eigenvalue weighted by atomic mass is 79.9. The van der Waals surface area contributed by atoms with Gasteiger partial charge in [0, 0.05) is 14.3 Å². The van der Waals surface area contributed by atoms with Crippen molar-refractivity contribution in [1.29, 1.82) is 0 Å². The van der Waals surface area contributed by atoms with Gasteiger partial charge < -0.3 is 0 Å². The van der Waals surface area contributed by atoms with E-state index in [4.69, 9.17) is 11.6 Å². The van der Waals surface area contributed by atoms with Crippen molar-refractivity contribution in [2.75, 3.05) is 0 Å². The van der Waals surface area contributed by atoms with Gasteiger partial charge in [-0.25, -0.2) is 0 Å². The minimum absolute atomic E-state index is 0.768. The number of hydrogen-bond acceptors (Lipinski definition) is 0. The first kappa shape index (κ1) is 10.0. The lowest BCUT2D eigenvalue weighted by atomic mass is 10.2. The molecule has 0 heterocycles. The average molecular weight is 363 g/mol. The van der Waals surface area contributed by atoms with Crippen LogP contribution in [-0.4, -0.2) is 0 Å². The second-order valence-corrected chi connectivity index (χ2v) is 4.70. The largest absolute Gasteiger partial charge is 0.0876 e. The zero-order valence-electron chi connectivity index (χ0n) is 5.37. The molecule has 0 fully saturated rings. The summed E-state index contributed by atoms with van der Waals surface area (Å²) < 4.78 is 1.95. The monoisotopic (exact) mass is 360 g/mol. The van der Waals surface area contributed by atoms with Crippen molar-refractivity contribution in [3.63, 3.8) is 0 Å². The third-order valence-corrected chi connectivity index (χ3v) is 3.57. The molecule has 0 nitrogen and oxygen atoms in total. The van der Waals surface area contributed by atoms with E-state index >= 15 is 0 Å². The summed E-state index contributed by atoms with van der Waals surface area (Å²) in [5.74, 6) is 0. The Bertz CT molecular complexity index is 273. The Morgan fingerprint density at radius 3 is 2.45 bits per heavy atom. The third-order valence-electron chi connectivity index (χ3n) is 1.21. The summed E-state index contributed by atoms with van der Waals surface area (Å²) in [4.78, 5) is 0. The number of halogens is 4. The van der Waals surface area contributed by atoms with Gasteiger partial charge in [0.1, 0.15) is 0 Å². The van der Waals surface area contributed by atoms with E-state index in [-0.39, 0.29) is 0 Å². The zero-order valence-corrected chi connectivity index (χ0v) is 10.9. The fourth-order valence-electron chi connectivity index (χ4n) is 0.707. The van der Waals surface area contributed by atoms with Crippen molar-refractivity contribution in [2.45, 2.75) is 5.33 Å². The minimum Gasteiger partial charge on any atom is -0.0876 e. The maximum Gasteiger partial charge on any atom is 0.0589 e. The number of benzene rings is 1. The van der Waals surface area contributed by atoms with Crippen LogP contribution in [0.2, 0.25) is 5.02 Å². The molecular formula is C7H4Br3Cl. The Balaban J connectivity index is 3.24. The molecule has 60 valence electrons. The topological polar surface area (TPSA) is 0 Å². The molecule has 0 saturated heterocycles. The van der Waals surface area contributed by atoms with E-state index in [1.165, 1.54) is 0 Å². The van der Waals surface area contributed by atoms with Gasteiger partial charge in [-0.15, -0.1) is 0 Å². The highest BCUT2D eigenvalue weighted by Crippen LogP contribution is 2.31. The molecule has 0 spiro atoms. The summed E-state index contributed by atoms with van der Waals surface area (Å²) in [6.07, 6.45) is 0. The molecule has 0 amide bonds. The lowest BCUT2D eigenvalue weighted by molar-refractivity contribution is 1.40. The summed E-state index contributed by atoms with van der Waals surface area (Å²) in [6, 6.07) is 3.91. The molecule has 0 radical (unpaired) electrons. The predicted molar refractivity (Wildman–Crippen MR) is 59.5 cm³/mol. The molecule has 0 bridgehead atoms. The fraction of sp³-hybridized carbons (Fsp3) is 0.143. The van der Waals surface area contributed by atoms with Crippen molar-refractivity contribution < 1.29 is 0 Å². The molecule has 11 heavy (non-hydrogen) atoms. The maximum absolute atomic E-state index is 5.97. The van der Waals surface area contributed by atoms with Crippen molar-refractivity contribution in [3.8, 4) is 0 Å². The van der Waals surface area contributed by atoms with Crippen LogP contribution in [0.5, 0.6) is 0 Å². The quantitative estimate of drug-likeness (QED) is 0.499. The van der Waals surface area contributed by atoms with Crippen LogP contribution in [-0.2, 0) is 5.33 Å². The van der Waals surface area contributed by atoms with Crippen molar-refractivity contribution >= 4 is 59.4 Å². The fourth-order valence-corrected chi connectivity index (χ4v) is 2.80. The molecule has 0 unspecified atom stereocenters. The summed E-state index contributed by atoms with van der Waals surface area (Å²) in [6.45, 7) is 0. The molecule has 0 N–H and O–H groups in total. The summed E-state index contributed by atoms with van der Waals surface area (Å²) in [5, 5.41) is 1.54. The van der Waals surface area contributed by atoms with Crippen LogP contribution < -0.4 is 0 Å². The Labute approximate surface area is 95.7 Å². The standard InChI is InChI=1S/C7H4Br3Cl/c8-3-4-1-5(9)2-6(10)7(4)11/h1-2H,3H2. The van der Waals surface area contributed by atoms with Crippen LogP contribution in [0.3, 0.4) is 0 Å². The zero-order chi connectivity index (χ0) is 8.43. The summed E-state index contributed by atoms with van der Waals surface area (Å²) in [5.41, 5.74) is 1.08. The van der Waals surface area contributed by atoms with Gasteiger partial charge >= 0.3 is 0 Å². The van der Waals surface area contributed by atoms with Crippen molar-refractivity contribution in [2.24, 2.45) is 0 Å². The number of rotatable bonds is 1. The highest BCUT2D eigenvalue weighted by Gasteiger charge is 2.04. The molecule has 0 aliphatic carbocycles. The average Bonchev–Trinajstić information content (AvgIpc) is 1.96. The molecule has 0 saturated carbocycles. The third kappa shape index (κ3) is 2.44. The van der Waals surface area contributed by atoms with Crippen LogP contribution in [0.4, 0.5) is 0 Å². The predicted octanol–water partition coefficient (Wildman–Crippen LogP) is 4.76. The van der Waals surface area contributed by atoms with E-state index in [0.29, 0.717) is 0 Å². The molecule has 0 aromatic heterocycles. The molecule has 0 aliphatic rings. The Kier molecular flexibility index (Phi) is 3.89. The van der Waals surface area contributed by atoms with E-state index in [1.807, 2.05) is 12.1 Å². The van der Waals surface area contributed by atoms with Crippen LogP contribution >= 0.6 is 59.4 Å². The second-order valence-electron chi connectivity index (χ2n) is 1.99. The van der Waals surface area contributed by atoms with Gasteiger partial charge in [-0.05, 0) is 33.6 Å². The molecule has 1 aromatic rings. The molecular weight excluding hydrogens is 359 g/mol. The molecule has 1 rings (SSSR count). The van der Waals surface area contributed by atoms with E-state index in [9.17, 15) is 0 Å². The van der Waals surface area contributed by atoms with Crippen molar-refractivity contribution in [1.82, 2.24) is 0 Å². The Hall–Kier alpha value is 0.950. The smallest absolute Gasteiger partial charge is 0.0589 e. The lowest BCUT2D eigenvalue weighted by Gasteiger charge is -2.02. The lowest BCUT2D eigenvalue weighted by Crippen LogP contribution is -1.81. The first-order chi connectivity index (χ1) is 5.15. The van der Waals surface area contributed by atoms with E-state index in [0.717, 1.165) is 24.9 Å². The molecule has 0 atom stereocenters. The molecule has 1 aromatic carbocycles. The SMILES string of the molecule is Clc1c(Br)cc(Br)cc1CBr. The first-order valence-electron chi connectivity index (χ1n) is 2.84. The summed E-state index contributed by atoms with van der Waals surface area (Å²) in [7, 11) is 0. The van der Waals surface area contributed by atoms with Crippen LogP contribution in [0.25, 0.3) is 0 Å². The van der Waals surface area contributed by atoms with Crippen LogP contribution in [0.15, 0.2) is 21.1 Å². The highest BCUT2D eigenvalue weighted by molar-refractivity contribution is 9.11. The normalized spacial score (nSPS) is 10.2. The Morgan fingerprint density at radius 1 is 1.27 bits per heavy atom. The number of hydrogen-bond donors (Lipinski definition) is 0. The first-order valence-corrected chi connectivity index (χ1v) is 5.93. The van der Waals surface area contributed by atoms with Gasteiger partial charge in [-0.2, -0.15) is 0 Å². The van der Waals surface area contributed by atoms with Gasteiger partial charge in [0.2, 0.25) is 0 Å². The van der Waals surface area contributed by atoms with Gasteiger partial charge in [0.05, 0.1) is 5.02 Å².